The van der Waals surface area contributed by atoms with Gasteiger partial charge < -0.3 is 9.30 Å². The number of hydrogen-bond acceptors (Lipinski definition) is 6. The molecule has 0 saturated heterocycles. The van der Waals surface area contributed by atoms with E-state index in [0.29, 0.717) is 12.8 Å². The van der Waals surface area contributed by atoms with Crippen LogP contribution in [0.4, 0.5) is 5.82 Å². The maximum absolute atomic E-state index is 12.4. The molecule has 122 valence electrons. The van der Waals surface area contributed by atoms with Gasteiger partial charge in [0.25, 0.3) is 10.0 Å². The summed E-state index contributed by atoms with van der Waals surface area (Å²) in [6.07, 6.45) is 3.61. The number of sulfonamides is 1. The second kappa shape index (κ2) is 7.30. The van der Waals surface area contributed by atoms with Gasteiger partial charge in [-0.2, -0.15) is 13.7 Å². The SMILES string of the molecule is Cn1cnc(S(=O)(=O)Nc2ncccc2OCCCC#N)c1Cl. The topological polar surface area (TPSA) is 110 Å². The number of hydrogen-bond donors (Lipinski definition) is 1. The van der Waals surface area contributed by atoms with E-state index in [4.69, 9.17) is 21.6 Å². The van der Waals surface area contributed by atoms with Gasteiger partial charge in [-0.25, -0.2) is 9.97 Å². The standard InChI is InChI=1S/C13H14ClN5O3S/c1-19-9-17-13(11(19)14)23(20,21)18-12-10(5-4-7-16-12)22-8-3-2-6-15/h4-5,7,9H,2-3,8H2,1H3,(H,16,18). The Balaban J connectivity index is 2.19. The molecule has 2 aromatic rings. The highest BCUT2D eigenvalue weighted by molar-refractivity contribution is 7.92. The number of halogens is 1. The second-order valence-electron chi connectivity index (χ2n) is 4.52. The lowest BCUT2D eigenvalue weighted by molar-refractivity contribution is 0.313. The number of aromatic nitrogens is 3. The third kappa shape index (κ3) is 4.12. The quantitative estimate of drug-likeness (QED) is 0.760. The van der Waals surface area contributed by atoms with Crippen LogP contribution in [0.3, 0.4) is 0 Å². The Labute approximate surface area is 138 Å². The van der Waals surface area contributed by atoms with E-state index in [2.05, 4.69) is 14.7 Å². The van der Waals surface area contributed by atoms with Gasteiger partial charge in [-0.05, 0) is 18.6 Å². The zero-order valence-electron chi connectivity index (χ0n) is 12.2. The molecule has 2 rings (SSSR count). The first-order valence-electron chi connectivity index (χ1n) is 6.60. The molecule has 0 saturated carbocycles. The van der Waals surface area contributed by atoms with E-state index < -0.39 is 10.0 Å². The van der Waals surface area contributed by atoms with Crippen molar-refractivity contribution in [2.75, 3.05) is 11.3 Å². The summed E-state index contributed by atoms with van der Waals surface area (Å²) < 4.78 is 33.9. The number of nitriles is 1. The van der Waals surface area contributed by atoms with Crippen molar-refractivity contribution in [1.29, 1.82) is 5.26 Å². The zero-order chi connectivity index (χ0) is 16.9. The average Bonchev–Trinajstić information content (AvgIpc) is 2.85. The summed E-state index contributed by atoms with van der Waals surface area (Å²) in [5.74, 6) is 0.298. The van der Waals surface area contributed by atoms with Crippen molar-refractivity contribution in [1.82, 2.24) is 14.5 Å². The summed E-state index contributed by atoms with van der Waals surface area (Å²) in [5, 5.41) is 8.20. The van der Waals surface area contributed by atoms with Crippen LogP contribution in [0.25, 0.3) is 0 Å². The number of anilines is 1. The van der Waals surface area contributed by atoms with Crippen molar-refractivity contribution in [3.8, 4) is 11.8 Å². The predicted octanol–water partition coefficient (Wildman–Crippen LogP) is 1.95. The van der Waals surface area contributed by atoms with Crippen molar-refractivity contribution >= 4 is 27.4 Å². The van der Waals surface area contributed by atoms with Crippen molar-refractivity contribution in [2.45, 2.75) is 17.9 Å². The molecule has 0 spiro atoms. The number of imidazole rings is 1. The van der Waals surface area contributed by atoms with E-state index in [0.717, 1.165) is 0 Å². The number of ether oxygens (including phenoxy) is 1. The molecule has 0 aliphatic heterocycles. The largest absolute Gasteiger partial charge is 0.490 e. The van der Waals surface area contributed by atoms with E-state index >= 15 is 0 Å². The average molecular weight is 356 g/mol. The molecule has 0 aliphatic carbocycles. The predicted molar refractivity (Wildman–Crippen MR) is 83.6 cm³/mol. The Morgan fingerprint density at radius 1 is 1.48 bits per heavy atom. The molecule has 0 fully saturated rings. The van der Waals surface area contributed by atoms with E-state index in [1.54, 1.807) is 19.2 Å². The van der Waals surface area contributed by atoms with Crippen molar-refractivity contribution in [2.24, 2.45) is 7.05 Å². The van der Waals surface area contributed by atoms with Crippen LogP contribution < -0.4 is 9.46 Å². The molecule has 10 heteroatoms. The Bertz CT molecular complexity index is 828. The van der Waals surface area contributed by atoms with Crippen LogP contribution in [0, 0.1) is 11.3 Å². The maximum atomic E-state index is 12.4. The van der Waals surface area contributed by atoms with E-state index in [9.17, 15) is 8.42 Å². The minimum atomic E-state index is -3.99. The van der Waals surface area contributed by atoms with Crippen LogP contribution in [0.15, 0.2) is 29.7 Å². The fourth-order valence-electron chi connectivity index (χ4n) is 1.67. The molecule has 2 aromatic heterocycles. The zero-order valence-corrected chi connectivity index (χ0v) is 13.8. The van der Waals surface area contributed by atoms with Crippen LogP contribution in [0.2, 0.25) is 5.15 Å². The molecule has 0 radical (unpaired) electrons. The number of nitrogens with zero attached hydrogens (tertiary/aromatic N) is 4. The Morgan fingerprint density at radius 2 is 2.26 bits per heavy atom. The molecule has 0 atom stereocenters. The smallest absolute Gasteiger partial charge is 0.283 e. The summed E-state index contributed by atoms with van der Waals surface area (Å²) >= 11 is 5.92. The third-order valence-corrected chi connectivity index (χ3v) is 4.61. The maximum Gasteiger partial charge on any atom is 0.283 e. The molecule has 0 aliphatic rings. The van der Waals surface area contributed by atoms with Crippen molar-refractivity contribution in [3.63, 3.8) is 0 Å². The van der Waals surface area contributed by atoms with Gasteiger partial charge in [0, 0.05) is 19.7 Å². The van der Waals surface area contributed by atoms with Crippen molar-refractivity contribution < 1.29 is 13.2 Å². The number of unbranched alkanes of at least 4 members (excludes halogenated alkanes) is 1. The fourth-order valence-corrected chi connectivity index (χ4v) is 3.12. The molecule has 23 heavy (non-hydrogen) atoms. The van der Waals surface area contributed by atoms with Gasteiger partial charge in [-0.3, -0.25) is 4.72 Å². The summed E-state index contributed by atoms with van der Waals surface area (Å²) in [7, 11) is -2.41. The molecule has 2 heterocycles. The van der Waals surface area contributed by atoms with Gasteiger partial charge in [-0.15, -0.1) is 0 Å². The van der Waals surface area contributed by atoms with Gasteiger partial charge in [0.1, 0.15) is 5.15 Å². The normalized spacial score (nSPS) is 11.0. The highest BCUT2D eigenvalue weighted by Gasteiger charge is 2.24. The van der Waals surface area contributed by atoms with Crippen LogP contribution in [-0.2, 0) is 17.1 Å². The number of nitrogens with one attached hydrogen (secondary N) is 1. The Kier molecular flexibility index (Phi) is 5.41. The molecule has 0 bridgehead atoms. The summed E-state index contributed by atoms with van der Waals surface area (Å²) in [5.41, 5.74) is 0. The number of aryl methyl sites for hydroxylation is 1. The monoisotopic (exact) mass is 355 g/mol. The molecular formula is C13H14ClN5O3S. The lowest BCUT2D eigenvalue weighted by atomic mass is 10.3. The van der Waals surface area contributed by atoms with Gasteiger partial charge in [-0.1, -0.05) is 11.6 Å². The third-order valence-electron chi connectivity index (χ3n) is 2.78. The molecule has 8 nitrogen and oxygen atoms in total. The van der Waals surface area contributed by atoms with Crippen LogP contribution in [-0.4, -0.2) is 29.6 Å². The van der Waals surface area contributed by atoms with Crippen molar-refractivity contribution in [3.05, 3.63) is 29.8 Å². The first-order valence-corrected chi connectivity index (χ1v) is 8.46. The minimum Gasteiger partial charge on any atom is -0.490 e. The fraction of sp³-hybridized carbons (Fsp3) is 0.308. The number of rotatable bonds is 7. The van der Waals surface area contributed by atoms with E-state index in [1.165, 1.54) is 17.1 Å². The highest BCUT2D eigenvalue weighted by atomic mass is 35.5. The summed E-state index contributed by atoms with van der Waals surface area (Å²) in [6.45, 7) is 0.276. The summed E-state index contributed by atoms with van der Waals surface area (Å²) in [6, 6.07) is 5.20. The molecule has 1 N–H and O–H groups in total. The highest BCUT2D eigenvalue weighted by Crippen LogP contribution is 2.26. The second-order valence-corrected chi connectivity index (χ2v) is 6.47. The van der Waals surface area contributed by atoms with Gasteiger partial charge in [0.2, 0.25) is 5.03 Å². The Morgan fingerprint density at radius 3 is 2.91 bits per heavy atom. The lowest BCUT2D eigenvalue weighted by Gasteiger charge is -2.11. The van der Waals surface area contributed by atoms with E-state index in [1.807, 2.05) is 6.07 Å². The molecule has 0 unspecified atom stereocenters. The molecular weight excluding hydrogens is 342 g/mol. The van der Waals surface area contributed by atoms with Gasteiger partial charge in [0.05, 0.1) is 19.0 Å². The first kappa shape index (κ1) is 17.1. The van der Waals surface area contributed by atoms with Gasteiger partial charge >= 0.3 is 0 Å². The number of pyridine rings is 1. The van der Waals surface area contributed by atoms with Crippen LogP contribution >= 0.6 is 11.6 Å². The van der Waals surface area contributed by atoms with Gasteiger partial charge in [0.15, 0.2) is 11.6 Å². The summed E-state index contributed by atoms with van der Waals surface area (Å²) in [4.78, 5) is 7.74. The Hall–Kier alpha value is -2.31. The van der Waals surface area contributed by atoms with E-state index in [-0.39, 0.29) is 28.4 Å². The lowest BCUT2D eigenvalue weighted by Crippen LogP contribution is -2.16. The minimum absolute atomic E-state index is 0.00933. The van der Waals surface area contributed by atoms with Crippen LogP contribution in [0.1, 0.15) is 12.8 Å². The molecule has 0 amide bonds. The van der Waals surface area contributed by atoms with Crippen LogP contribution in [0.5, 0.6) is 5.75 Å². The first-order chi connectivity index (χ1) is 11.0. The molecule has 0 aromatic carbocycles.